The molecule has 3 N–H and O–H groups in total. The molecule has 0 radical (unpaired) electrons. The zero-order chi connectivity index (χ0) is 16.5. The maximum absolute atomic E-state index is 12.7. The third-order valence-electron chi connectivity index (χ3n) is 5.59. The smallest absolute Gasteiger partial charge is 0.227 e. The Morgan fingerprint density at radius 3 is 2.75 bits per heavy atom. The van der Waals surface area contributed by atoms with Crippen LogP contribution in [0, 0.1) is 17.8 Å². The van der Waals surface area contributed by atoms with Crippen molar-refractivity contribution in [2.24, 2.45) is 23.5 Å². The molecule has 4 nitrogen and oxygen atoms in total. The third kappa shape index (κ3) is 3.10. The number of nitrogens with zero attached hydrogens (tertiary/aromatic N) is 1. The summed E-state index contributed by atoms with van der Waals surface area (Å²) in [5.74, 6) is 1.29. The van der Waals surface area contributed by atoms with E-state index in [1.54, 1.807) is 17.5 Å². The van der Waals surface area contributed by atoms with Gasteiger partial charge in [0.25, 0.3) is 0 Å². The van der Waals surface area contributed by atoms with Crippen LogP contribution in [0.5, 0.6) is 0 Å². The van der Waals surface area contributed by atoms with Crippen LogP contribution in [-0.2, 0) is 4.79 Å². The Morgan fingerprint density at radius 1 is 1.25 bits per heavy atom. The van der Waals surface area contributed by atoms with Gasteiger partial charge in [-0.25, -0.2) is 4.98 Å². The van der Waals surface area contributed by atoms with Gasteiger partial charge in [-0.3, -0.25) is 4.79 Å². The van der Waals surface area contributed by atoms with E-state index in [4.69, 9.17) is 5.73 Å². The Bertz CT molecular complexity index is 701. The molecule has 2 bridgehead atoms. The molecule has 2 aromatic rings. The molecule has 0 aliphatic heterocycles. The van der Waals surface area contributed by atoms with Crippen LogP contribution in [0.1, 0.15) is 32.1 Å². The van der Waals surface area contributed by atoms with Crippen molar-refractivity contribution in [2.45, 2.75) is 38.1 Å². The quantitative estimate of drug-likeness (QED) is 0.889. The highest BCUT2D eigenvalue weighted by molar-refractivity contribution is 7.13. The molecule has 1 heterocycles. The van der Waals surface area contributed by atoms with E-state index >= 15 is 0 Å². The van der Waals surface area contributed by atoms with Crippen LogP contribution in [0.25, 0.3) is 10.6 Å². The van der Waals surface area contributed by atoms with E-state index in [2.05, 4.69) is 10.3 Å². The molecule has 1 amide bonds. The predicted octanol–water partition coefficient (Wildman–Crippen LogP) is 3.90. The zero-order valence-corrected chi connectivity index (χ0v) is 14.5. The highest BCUT2D eigenvalue weighted by Gasteiger charge is 2.40. The van der Waals surface area contributed by atoms with Crippen LogP contribution in [0.2, 0.25) is 0 Å². The average molecular weight is 341 g/mol. The summed E-state index contributed by atoms with van der Waals surface area (Å²) >= 11 is 1.61. The molecule has 2 atom stereocenters. The number of carbonyl (C=O) groups is 1. The number of carbonyl (C=O) groups excluding carboxylic acids is 1. The largest absolute Gasteiger partial charge is 0.327 e. The monoisotopic (exact) mass is 341 g/mol. The van der Waals surface area contributed by atoms with Crippen molar-refractivity contribution >= 4 is 22.9 Å². The van der Waals surface area contributed by atoms with Gasteiger partial charge >= 0.3 is 0 Å². The van der Waals surface area contributed by atoms with Gasteiger partial charge in [0, 0.05) is 34.8 Å². The molecule has 5 heteroatoms. The van der Waals surface area contributed by atoms with Crippen LogP contribution in [0.15, 0.2) is 35.8 Å². The molecule has 24 heavy (non-hydrogen) atoms. The summed E-state index contributed by atoms with van der Waals surface area (Å²) < 4.78 is 0. The number of benzene rings is 1. The normalized spacial score (nSPS) is 29.2. The van der Waals surface area contributed by atoms with Crippen LogP contribution in [0.3, 0.4) is 0 Å². The lowest BCUT2D eigenvalue weighted by Gasteiger charge is -2.43. The fraction of sp³-hybridized carbons (Fsp3) is 0.474. The summed E-state index contributed by atoms with van der Waals surface area (Å²) in [6.07, 6.45) is 7.32. The van der Waals surface area contributed by atoms with Gasteiger partial charge in [0.1, 0.15) is 5.01 Å². The Balaban J connectivity index is 1.46. The third-order valence-corrected chi connectivity index (χ3v) is 6.42. The molecule has 2 aliphatic rings. The standard InChI is InChI=1S/C19H23N3OS/c20-17-12-3-1-4-13(17)10-15(9-12)18(23)22-16-6-2-5-14(11-16)19-21-7-8-24-19/h2,5-8,11-13,15,17H,1,3-4,9-10,20H2,(H,22,23). The minimum Gasteiger partial charge on any atom is -0.327 e. The minimum absolute atomic E-state index is 0.101. The Kier molecular flexibility index (Phi) is 4.37. The number of amides is 1. The second-order valence-corrected chi connectivity index (χ2v) is 8.00. The predicted molar refractivity (Wildman–Crippen MR) is 97.7 cm³/mol. The van der Waals surface area contributed by atoms with Gasteiger partial charge in [-0.05, 0) is 49.7 Å². The molecule has 0 saturated heterocycles. The fourth-order valence-corrected chi connectivity index (χ4v) is 4.98. The topological polar surface area (TPSA) is 68.0 Å². The second kappa shape index (κ2) is 6.65. The molecular formula is C19H23N3OS. The van der Waals surface area contributed by atoms with Gasteiger partial charge < -0.3 is 11.1 Å². The fourth-order valence-electron chi connectivity index (χ4n) is 4.34. The van der Waals surface area contributed by atoms with Crippen LogP contribution in [0.4, 0.5) is 5.69 Å². The van der Waals surface area contributed by atoms with E-state index in [9.17, 15) is 4.79 Å². The van der Waals surface area contributed by atoms with E-state index in [0.29, 0.717) is 17.9 Å². The number of rotatable bonds is 3. The lowest BCUT2D eigenvalue weighted by atomic mass is 9.65. The van der Waals surface area contributed by atoms with Crippen molar-refractivity contribution in [3.8, 4) is 10.6 Å². The maximum Gasteiger partial charge on any atom is 0.227 e. The lowest BCUT2D eigenvalue weighted by Crippen LogP contribution is -2.48. The summed E-state index contributed by atoms with van der Waals surface area (Å²) in [6.45, 7) is 0. The number of anilines is 1. The number of hydrogen-bond donors (Lipinski definition) is 2. The molecule has 126 valence electrons. The molecule has 0 spiro atoms. The number of hydrogen-bond acceptors (Lipinski definition) is 4. The summed E-state index contributed by atoms with van der Waals surface area (Å²) in [5, 5.41) is 6.05. The zero-order valence-electron chi connectivity index (χ0n) is 13.7. The summed E-state index contributed by atoms with van der Waals surface area (Å²) in [5.41, 5.74) is 8.24. The van der Waals surface area contributed by atoms with Gasteiger partial charge in [0.2, 0.25) is 5.91 Å². The summed E-state index contributed by atoms with van der Waals surface area (Å²) in [6, 6.07) is 8.25. The number of nitrogens with one attached hydrogen (secondary N) is 1. The van der Waals surface area contributed by atoms with Crippen LogP contribution in [-0.4, -0.2) is 16.9 Å². The first-order chi connectivity index (χ1) is 11.7. The van der Waals surface area contributed by atoms with Crippen LogP contribution < -0.4 is 11.1 Å². The van der Waals surface area contributed by atoms with E-state index in [1.807, 2.05) is 29.6 Å². The first-order valence-corrected chi connectivity index (χ1v) is 9.65. The van der Waals surface area contributed by atoms with Gasteiger partial charge in [0.15, 0.2) is 0 Å². The Labute approximate surface area is 146 Å². The van der Waals surface area contributed by atoms with Crippen molar-refractivity contribution in [1.82, 2.24) is 4.98 Å². The first-order valence-electron chi connectivity index (χ1n) is 8.77. The number of nitrogens with two attached hydrogens (primary N) is 1. The Hall–Kier alpha value is -1.72. The summed E-state index contributed by atoms with van der Waals surface area (Å²) in [7, 11) is 0. The van der Waals surface area contributed by atoms with Gasteiger partial charge in [0.05, 0.1) is 0 Å². The highest BCUT2D eigenvalue weighted by Crippen LogP contribution is 2.42. The van der Waals surface area contributed by atoms with Gasteiger partial charge in [-0.1, -0.05) is 18.6 Å². The van der Waals surface area contributed by atoms with Gasteiger partial charge in [-0.15, -0.1) is 11.3 Å². The number of aromatic nitrogens is 1. The Morgan fingerprint density at radius 2 is 2.04 bits per heavy atom. The van der Waals surface area contributed by atoms with Gasteiger partial charge in [-0.2, -0.15) is 0 Å². The molecular weight excluding hydrogens is 318 g/mol. The lowest BCUT2D eigenvalue weighted by molar-refractivity contribution is -0.122. The molecule has 4 rings (SSSR count). The highest BCUT2D eigenvalue weighted by atomic mass is 32.1. The number of fused-ring (bicyclic) bond motifs is 2. The molecule has 2 fully saturated rings. The SMILES string of the molecule is NC1C2CCCC1CC(C(=O)Nc1cccc(-c3nccs3)c1)C2. The van der Waals surface area contributed by atoms with E-state index in [1.165, 1.54) is 19.3 Å². The average Bonchev–Trinajstić information content (AvgIpc) is 3.09. The first kappa shape index (κ1) is 15.8. The van der Waals surface area contributed by atoms with E-state index < -0.39 is 0 Å². The van der Waals surface area contributed by atoms with Crippen molar-refractivity contribution in [2.75, 3.05) is 5.32 Å². The van der Waals surface area contributed by atoms with E-state index in [0.717, 1.165) is 29.1 Å². The maximum atomic E-state index is 12.7. The van der Waals surface area contributed by atoms with Crippen LogP contribution >= 0.6 is 11.3 Å². The number of thiazole rings is 1. The molecule has 1 aromatic carbocycles. The molecule has 1 aromatic heterocycles. The molecule has 2 unspecified atom stereocenters. The van der Waals surface area contributed by atoms with Crippen molar-refractivity contribution in [1.29, 1.82) is 0 Å². The van der Waals surface area contributed by atoms with Crippen molar-refractivity contribution in [3.05, 3.63) is 35.8 Å². The molecule has 2 saturated carbocycles. The van der Waals surface area contributed by atoms with Crippen molar-refractivity contribution in [3.63, 3.8) is 0 Å². The van der Waals surface area contributed by atoms with E-state index in [-0.39, 0.29) is 11.8 Å². The van der Waals surface area contributed by atoms with Crippen molar-refractivity contribution < 1.29 is 4.79 Å². The minimum atomic E-state index is 0.101. The second-order valence-electron chi connectivity index (χ2n) is 7.10. The summed E-state index contributed by atoms with van der Waals surface area (Å²) in [4.78, 5) is 17.1. The molecule has 2 aliphatic carbocycles.